The zero-order valence-electron chi connectivity index (χ0n) is 17.9. The maximum atomic E-state index is 14.1. The van der Waals surface area contributed by atoms with Crippen LogP contribution in [-0.2, 0) is 14.6 Å². The van der Waals surface area contributed by atoms with E-state index < -0.39 is 33.6 Å². The van der Waals surface area contributed by atoms with Gasteiger partial charge in [-0.1, -0.05) is 35.2 Å². The number of halogens is 2. The van der Waals surface area contributed by atoms with E-state index in [-0.39, 0.29) is 36.1 Å². The third-order valence-electron chi connectivity index (χ3n) is 6.63. The lowest BCUT2D eigenvalue weighted by molar-refractivity contribution is 0.251. The number of benzene rings is 2. The molecule has 2 atom stereocenters. The maximum absolute atomic E-state index is 14.1. The van der Waals surface area contributed by atoms with Crippen molar-refractivity contribution >= 4 is 28.0 Å². The largest absolute Gasteiger partial charge is 0.593 e. The van der Waals surface area contributed by atoms with Gasteiger partial charge in [-0.15, -0.1) is 4.31 Å². The predicted octanol–water partition coefficient (Wildman–Crippen LogP) is 3.88. The van der Waals surface area contributed by atoms with Crippen LogP contribution in [-0.4, -0.2) is 45.4 Å². The molecule has 33 heavy (non-hydrogen) atoms. The minimum Gasteiger partial charge on any atom is -0.593 e. The molecule has 0 aromatic heterocycles. The number of carbonyl (C=O) groups is 1. The quantitative estimate of drug-likeness (QED) is 0.682. The van der Waals surface area contributed by atoms with E-state index >= 15 is 0 Å². The van der Waals surface area contributed by atoms with Crippen LogP contribution in [0.25, 0.3) is 0 Å². The molecule has 3 aliphatic rings. The molecule has 1 N–H and O–H groups in total. The van der Waals surface area contributed by atoms with Gasteiger partial charge < -0.3 is 4.55 Å². The van der Waals surface area contributed by atoms with Crippen LogP contribution >= 0.6 is 0 Å². The number of aliphatic imine (C=N–C) groups is 1. The molecular weight excluding hydrogens is 450 g/mol. The van der Waals surface area contributed by atoms with Crippen molar-refractivity contribution in [3.8, 4) is 0 Å². The van der Waals surface area contributed by atoms with E-state index in [0.29, 0.717) is 5.84 Å². The first-order chi connectivity index (χ1) is 15.8. The highest BCUT2D eigenvalue weighted by molar-refractivity contribution is 7.95. The molecule has 7 nitrogen and oxygen atoms in total. The number of hydrogen-bond donors (Lipinski definition) is 1. The molecule has 1 saturated carbocycles. The summed E-state index contributed by atoms with van der Waals surface area (Å²) in [7, 11) is -3.83. The second-order valence-corrected chi connectivity index (χ2v) is 10.7. The lowest BCUT2D eigenvalue weighted by Crippen LogP contribution is -2.53. The smallest absolute Gasteiger partial charge is 0.328 e. The third kappa shape index (κ3) is 3.85. The highest BCUT2D eigenvalue weighted by atomic mass is 32.3. The molecule has 2 saturated heterocycles. The van der Waals surface area contributed by atoms with E-state index in [4.69, 9.17) is 4.99 Å². The predicted molar refractivity (Wildman–Crippen MR) is 120 cm³/mol. The number of rotatable bonds is 4. The van der Waals surface area contributed by atoms with E-state index in [1.807, 2.05) is 0 Å². The Bertz CT molecular complexity index is 1140. The van der Waals surface area contributed by atoms with E-state index in [0.717, 1.165) is 43.9 Å². The minimum atomic E-state index is -3.83. The first-order valence-corrected chi connectivity index (χ1v) is 12.4. The number of nitrogens with one attached hydrogen (secondary N) is 1. The fourth-order valence-corrected chi connectivity index (χ4v) is 6.57. The Kier molecular flexibility index (Phi) is 5.54. The molecule has 1 spiro atoms. The Morgan fingerprint density at radius 3 is 2.42 bits per heavy atom. The first kappa shape index (κ1) is 22.1. The number of hydrogen-bond acceptors (Lipinski definition) is 4. The highest BCUT2D eigenvalue weighted by Gasteiger charge is 2.59. The van der Waals surface area contributed by atoms with Crippen molar-refractivity contribution in [2.24, 2.45) is 4.99 Å². The van der Waals surface area contributed by atoms with Crippen LogP contribution < -0.4 is 10.2 Å². The maximum Gasteiger partial charge on any atom is 0.328 e. The van der Waals surface area contributed by atoms with Crippen molar-refractivity contribution in [2.45, 2.75) is 48.6 Å². The minimum absolute atomic E-state index is 0.0283. The van der Waals surface area contributed by atoms with Crippen LogP contribution in [0, 0.1) is 11.6 Å². The van der Waals surface area contributed by atoms with Crippen LogP contribution in [0.4, 0.5) is 19.3 Å². The van der Waals surface area contributed by atoms with Gasteiger partial charge in [-0.05, 0) is 43.5 Å². The van der Waals surface area contributed by atoms with Crippen LogP contribution in [0.1, 0.15) is 32.1 Å². The van der Waals surface area contributed by atoms with Gasteiger partial charge in [-0.25, -0.2) is 13.6 Å². The fourth-order valence-electron chi connectivity index (χ4n) is 5.06. The molecule has 0 radical (unpaired) electrons. The van der Waals surface area contributed by atoms with Gasteiger partial charge in [0.05, 0.1) is 18.3 Å². The number of carbonyl (C=O) groups excluding carboxylic acids is 1. The number of amidine groups is 1. The molecule has 2 aromatic rings. The molecule has 2 unspecified atom stereocenters. The molecule has 0 bridgehead atoms. The molecular formula is C23H24F2N4O3S. The van der Waals surface area contributed by atoms with Crippen molar-refractivity contribution in [2.75, 3.05) is 18.0 Å². The lowest BCUT2D eigenvalue weighted by atomic mass is 9.95. The number of anilines is 1. The van der Waals surface area contributed by atoms with Gasteiger partial charge in [0.25, 0.3) is 0 Å². The number of amides is 2. The zero-order chi connectivity index (χ0) is 23.2. The normalized spacial score (nSPS) is 26.9. The monoisotopic (exact) mass is 474 g/mol. The van der Waals surface area contributed by atoms with Gasteiger partial charge >= 0.3 is 6.03 Å². The molecule has 2 aliphatic heterocycles. The summed E-state index contributed by atoms with van der Waals surface area (Å²) in [5.41, 5.74) is -1.14. The molecule has 5 rings (SSSR count). The van der Waals surface area contributed by atoms with Crippen molar-refractivity contribution < 1.29 is 22.3 Å². The third-order valence-corrected chi connectivity index (χ3v) is 8.49. The SMILES string of the molecule is O=C1NC(=NC2CCCC2)C2(CCN([S+](=O)([O-])c3ccccc3)C2)N1c1cc(F)cc(F)c1. The first-order valence-electron chi connectivity index (χ1n) is 11.0. The Balaban J connectivity index is 1.58. The Hall–Kier alpha value is -2.69. The van der Waals surface area contributed by atoms with Crippen molar-refractivity contribution in [1.29, 1.82) is 0 Å². The highest BCUT2D eigenvalue weighted by Crippen LogP contribution is 2.41. The molecule has 2 amide bonds. The summed E-state index contributed by atoms with van der Waals surface area (Å²) in [6.45, 7) is 0.0802. The van der Waals surface area contributed by atoms with E-state index in [2.05, 4.69) is 5.32 Å². The molecule has 2 heterocycles. The summed E-state index contributed by atoms with van der Waals surface area (Å²) >= 11 is 0. The summed E-state index contributed by atoms with van der Waals surface area (Å²) in [6.07, 6.45) is 4.10. The fraction of sp³-hybridized carbons (Fsp3) is 0.391. The average molecular weight is 475 g/mol. The van der Waals surface area contributed by atoms with Gasteiger partial charge in [-0.2, -0.15) is 0 Å². The second kappa shape index (κ2) is 8.27. The Morgan fingerprint density at radius 1 is 1.09 bits per heavy atom. The summed E-state index contributed by atoms with van der Waals surface area (Å²) in [4.78, 5) is 19.3. The van der Waals surface area contributed by atoms with E-state index in [9.17, 15) is 22.3 Å². The van der Waals surface area contributed by atoms with Gasteiger partial charge in [0.2, 0.25) is 0 Å². The van der Waals surface area contributed by atoms with Crippen molar-refractivity contribution in [3.05, 3.63) is 60.2 Å². The zero-order valence-corrected chi connectivity index (χ0v) is 18.7. The van der Waals surface area contributed by atoms with E-state index in [1.165, 1.54) is 21.3 Å². The average Bonchev–Trinajstić information content (AvgIpc) is 3.49. The number of sulfonamides is 1. The Labute approximate surface area is 191 Å². The van der Waals surface area contributed by atoms with Gasteiger partial charge in [0.15, 0.2) is 15.3 Å². The van der Waals surface area contributed by atoms with Gasteiger partial charge in [-0.3, -0.25) is 15.2 Å². The van der Waals surface area contributed by atoms with Crippen molar-refractivity contribution in [1.82, 2.24) is 9.62 Å². The molecule has 2 aromatic carbocycles. The lowest BCUT2D eigenvalue weighted by Gasteiger charge is -2.34. The Morgan fingerprint density at radius 2 is 1.76 bits per heavy atom. The number of nitrogens with zero attached hydrogens (tertiary/aromatic N) is 3. The van der Waals surface area contributed by atoms with Crippen LogP contribution in [0.15, 0.2) is 58.4 Å². The summed E-state index contributed by atoms with van der Waals surface area (Å²) in [5, 5.41) is 2.78. The van der Waals surface area contributed by atoms with Crippen molar-refractivity contribution in [3.63, 3.8) is 0 Å². The summed E-state index contributed by atoms with van der Waals surface area (Å²) < 4.78 is 56.0. The number of urea groups is 1. The molecule has 10 heteroatoms. The van der Waals surface area contributed by atoms with Crippen LogP contribution in [0.2, 0.25) is 0 Å². The standard InChI is InChI=1S/C23H24F2N4O3S/c24-16-12-17(25)14-19(13-16)29-22(30)27-21(26-18-6-4-5-7-18)23(29)10-11-28(15-23)33(31,32)20-8-2-1-3-9-20/h1-3,8-9,12-14,18H,4-7,10-11,15H2,(H-,26,27,30,31,32). The topological polar surface area (TPSA) is 88.1 Å². The van der Waals surface area contributed by atoms with Crippen LogP contribution in [0.5, 0.6) is 0 Å². The van der Waals surface area contributed by atoms with E-state index in [1.54, 1.807) is 18.2 Å². The second-order valence-electron chi connectivity index (χ2n) is 8.74. The molecule has 1 aliphatic carbocycles. The van der Waals surface area contributed by atoms with Gasteiger partial charge in [0.1, 0.15) is 23.0 Å². The van der Waals surface area contributed by atoms with Gasteiger partial charge in [0, 0.05) is 12.6 Å². The molecule has 174 valence electrons. The summed E-state index contributed by atoms with van der Waals surface area (Å²) in [6, 6.07) is 10.4. The molecule has 3 fully saturated rings. The van der Waals surface area contributed by atoms with Crippen LogP contribution in [0.3, 0.4) is 0 Å². The summed E-state index contributed by atoms with van der Waals surface area (Å²) in [5.74, 6) is -1.27.